The van der Waals surface area contributed by atoms with Crippen molar-refractivity contribution < 1.29 is 8.42 Å². The summed E-state index contributed by atoms with van der Waals surface area (Å²) < 4.78 is 23.6. The lowest BCUT2D eigenvalue weighted by Crippen LogP contribution is -2.41. The van der Waals surface area contributed by atoms with E-state index in [-0.39, 0.29) is 17.3 Å². The molecule has 2 rings (SSSR count). The van der Waals surface area contributed by atoms with Crippen LogP contribution in [-0.4, -0.2) is 38.8 Å². The highest BCUT2D eigenvalue weighted by atomic mass is 79.9. The van der Waals surface area contributed by atoms with Crippen molar-refractivity contribution in [2.45, 2.75) is 0 Å². The van der Waals surface area contributed by atoms with E-state index in [4.69, 9.17) is 11.1 Å². The number of nitrogens with two attached hydrogens (primary N) is 1. The molecular weight excluding hydrogens is 318 g/mol. The van der Waals surface area contributed by atoms with Crippen molar-refractivity contribution in [2.24, 2.45) is 5.73 Å². The lowest BCUT2D eigenvalue weighted by Gasteiger charge is -2.30. The van der Waals surface area contributed by atoms with Crippen LogP contribution in [0.1, 0.15) is 5.56 Å². The van der Waals surface area contributed by atoms with Crippen molar-refractivity contribution in [3.8, 4) is 0 Å². The summed E-state index contributed by atoms with van der Waals surface area (Å²) in [4.78, 5) is 1.96. The number of nitrogens with zero attached hydrogens (tertiary/aromatic N) is 1. The molecule has 0 spiro atoms. The van der Waals surface area contributed by atoms with Gasteiger partial charge in [0.1, 0.15) is 5.84 Å². The van der Waals surface area contributed by atoms with Crippen LogP contribution in [0, 0.1) is 5.41 Å². The van der Waals surface area contributed by atoms with Gasteiger partial charge in [-0.05, 0) is 28.1 Å². The fraction of sp³-hybridized carbons (Fsp3) is 0.364. The van der Waals surface area contributed by atoms with E-state index in [1.54, 1.807) is 0 Å². The molecule has 3 N–H and O–H groups in total. The Labute approximate surface area is 115 Å². The molecule has 0 amide bonds. The second-order valence-corrected chi connectivity index (χ2v) is 7.34. The van der Waals surface area contributed by atoms with Crippen LogP contribution in [0.4, 0.5) is 5.69 Å². The molecule has 1 aliphatic heterocycles. The number of benzene rings is 1. The first-order chi connectivity index (χ1) is 8.41. The molecule has 0 aromatic heterocycles. The highest BCUT2D eigenvalue weighted by Crippen LogP contribution is 2.28. The second-order valence-electron chi connectivity index (χ2n) is 4.19. The van der Waals surface area contributed by atoms with E-state index in [0.717, 1.165) is 10.2 Å². The summed E-state index contributed by atoms with van der Waals surface area (Å²) in [5.74, 6) is 0.277. The maximum Gasteiger partial charge on any atom is 0.153 e. The smallest absolute Gasteiger partial charge is 0.153 e. The number of amidine groups is 1. The first-order valence-electron chi connectivity index (χ1n) is 5.49. The summed E-state index contributed by atoms with van der Waals surface area (Å²) in [5, 5.41) is 7.62. The van der Waals surface area contributed by atoms with Crippen molar-refractivity contribution in [3.05, 3.63) is 28.2 Å². The van der Waals surface area contributed by atoms with Crippen molar-refractivity contribution in [1.29, 1.82) is 5.41 Å². The summed E-state index contributed by atoms with van der Waals surface area (Å²) in [6.07, 6.45) is 0. The minimum absolute atomic E-state index is 0.0223. The van der Waals surface area contributed by atoms with E-state index in [1.807, 2.05) is 23.1 Å². The molecular formula is C11H14BrN3O2S. The largest absolute Gasteiger partial charge is 0.384 e. The minimum atomic E-state index is -2.91. The van der Waals surface area contributed by atoms with E-state index >= 15 is 0 Å². The van der Waals surface area contributed by atoms with Gasteiger partial charge in [0.15, 0.2) is 9.84 Å². The van der Waals surface area contributed by atoms with Crippen LogP contribution in [-0.2, 0) is 9.84 Å². The summed E-state index contributed by atoms with van der Waals surface area (Å²) >= 11 is 3.37. The first kappa shape index (κ1) is 13.4. The fourth-order valence-electron chi connectivity index (χ4n) is 2.00. The maximum absolute atomic E-state index is 11.4. The molecule has 98 valence electrons. The molecule has 1 fully saturated rings. The van der Waals surface area contributed by atoms with Gasteiger partial charge < -0.3 is 10.6 Å². The van der Waals surface area contributed by atoms with Crippen LogP contribution in [0.25, 0.3) is 0 Å². The third kappa shape index (κ3) is 2.67. The molecule has 0 atom stereocenters. The summed E-state index contributed by atoms with van der Waals surface area (Å²) in [6, 6.07) is 5.54. The van der Waals surface area contributed by atoms with E-state index in [1.165, 1.54) is 0 Å². The number of hydrogen-bond donors (Lipinski definition) is 2. The molecule has 5 nitrogen and oxygen atoms in total. The molecule has 0 saturated carbocycles. The van der Waals surface area contributed by atoms with Crippen LogP contribution < -0.4 is 10.6 Å². The normalized spacial score (nSPS) is 18.6. The van der Waals surface area contributed by atoms with E-state index < -0.39 is 9.84 Å². The molecule has 1 saturated heterocycles. The zero-order valence-electron chi connectivity index (χ0n) is 9.69. The summed E-state index contributed by atoms with van der Waals surface area (Å²) in [6.45, 7) is 0.887. The minimum Gasteiger partial charge on any atom is -0.384 e. The Morgan fingerprint density at radius 2 is 1.94 bits per heavy atom. The molecule has 1 heterocycles. The van der Waals surface area contributed by atoms with E-state index in [2.05, 4.69) is 15.9 Å². The second kappa shape index (κ2) is 4.89. The SMILES string of the molecule is N=C(N)c1c(Br)cccc1N1CCS(=O)(=O)CC1. The van der Waals surface area contributed by atoms with Crippen molar-refractivity contribution in [3.63, 3.8) is 0 Å². The third-order valence-corrected chi connectivity index (χ3v) is 5.22. The fourth-order valence-corrected chi connectivity index (χ4v) is 3.77. The van der Waals surface area contributed by atoms with Crippen molar-refractivity contribution in [2.75, 3.05) is 29.5 Å². The highest BCUT2D eigenvalue weighted by molar-refractivity contribution is 9.10. The van der Waals surface area contributed by atoms with Crippen LogP contribution in [0.5, 0.6) is 0 Å². The van der Waals surface area contributed by atoms with Gasteiger partial charge in [-0.25, -0.2) is 8.42 Å². The summed E-state index contributed by atoms with van der Waals surface area (Å²) in [7, 11) is -2.91. The Kier molecular flexibility index (Phi) is 3.63. The van der Waals surface area contributed by atoms with Gasteiger partial charge in [0.05, 0.1) is 17.1 Å². The van der Waals surface area contributed by atoms with Crippen LogP contribution in [0.2, 0.25) is 0 Å². The molecule has 0 bridgehead atoms. The number of rotatable bonds is 2. The van der Waals surface area contributed by atoms with E-state index in [0.29, 0.717) is 18.7 Å². The third-order valence-electron chi connectivity index (χ3n) is 2.95. The number of sulfone groups is 1. The number of hydrogen-bond acceptors (Lipinski definition) is 4. The van der Waals surface area contributed by atoms with Gasteiger partial charge in [0.25, 0.3) is 0 Å². The zero-order valence-corrected chi connectivity index (χ0v) is 12.1. The topological polar surface area (TPSA) is 87.2 Å². The molecule has 18 heavy (non-hydrogen) atoms. The van der Waals surface area contributed by atoms with Crippen LogP contribution in [0.15, 0.2) is 22.7 Å². The van der Waals surface area contributed by atoms with Gasteiger partial charge in [-0.3, -0.25) is 5.41 Å². The molecule has 7 heteroatoms. The highest BCUT2D eigenvalue weighted by Gasteiger charge is 2.24. The average Bonchev–Trinajstić information content (AvgIpc) is 2.28. The Hall–Kier alpha value is -1.08. The quantitative estimate of drug-likeness (QED) is 0.624. The lowest BCUT2D eigenvalue weighted by molar-refractivity contribution is 0.587. The molecule has 0 unspecified atom stereocenters. The number of anilines is 1. The molecule has 1 aromatic carbocycles. The standard InChI is InChI=1S/C11H14BrN3O2S/c12-8-2-1-3-9(10(8)11(13)14)15-4-6-18(16,17)7-5-15/h1-3H,4-7H2,(H3,13,14). The molecule has 0 radical (unpaired) electrons. The van der Waals surface area contributed by atoms with Gasteiger partial charge in [0, 0.05) is 23.2 Å². The zero-order chi connectivity index (χ0) is 13.3. The maximum atomic E-state index is 11.4. The lowest BCUT2D eigenvalue weighted by atomic mass is 10.1. The van der Waals surface area contributed by atoms with Gasteiger partial charge in [-0.15, -0.1) is 0 Å². The van der Waals surface area contributed by atoms with Crippen molar-refractivity contribution in [1.82, 2.24) is 0 Å². The number of halogens is 1. The predicted octanol–water partition coefficient (Wildman–Crippen LogP) is 0.968. The Morgan fingerprint density at radius 3 is 2.50 bits per heavy atom. The Balaban J connectivity index is 2.35. The number of nitrogen functional groups attached to an aromatic ring is 1. The van der Waals surface area contributed by atoms with Gasteiger partial charge in [-0.2, -0.15) is 0 Å². The Bertz CT molecular complexity index is 572. The van der Waals surface area contributed by atoms with Gasteiger partial charge >= 0.3 is 0 Å². The van der Waals surface area contributed by atoms with Gasteiger partial charge in [-0.1, -0.05) is 6.07 Å². The van der Waals surface area contributed by atoms with Crippen molar-refractivity contribution >= 4 is 37.3 Å². The van der Waals surface area contributed by atoms with Crippen LogP contribution in [0.3, 0.4) is 0 Å². The summed E-state index contributed by atoms with van der Waals surface area (Å²) in [5.41, 5.74) is 7.02. The predicted molar refractivity (Wildman–Crippen MR) is 76.0 cm³/mol. The average molecular weight is 332 g/mol. The molecule has 1 aliphatic rings. The molecule has 1 aromatic rings. The van der Waals surface area contributed by atoms with Gasteiger partial charge in [0.2, 0.25) is 0 Å². The van der Waals surface area contributed by atoms with E-state index in [9.17, 15) is 8.42 Å². The number of nitrogens with one attached hydrogen (secondary N) is 1. The Morgan fingerprint density at radius 1 is 1.33 bits per heavy atom. The molecule has 0 aliphatic carbocycles. The van der Waals surface area contributed by atoms with Crippen LogP contribution >= 0.6 is 15.9 Å². The first-order valence-corrected chi connectivity index (χ1v) is 8.10. The monoisotopic (exact) mass is 331 g/mol.